The molecule has 0 aliphatic carbocycles. The van der Waals surface area contributed by atoms with Crippen molar-refractivity contribution in [2.45, 2.75) is 31.0 Å². The summed E-state index contributed by atoms with van der Waals surface area (Å²) in [5.41, 5.74) is 3.12. The Morgan fingerprint density at radius 1 is 1.05 bits per heavy atom. The minimum Gasteiger partial charge on any atom is -0.475 e. The molecule has 3 N–H and O–H groups in total. The molecule has 5 rings (SSSR count). The van der Waals surface area contributed by atoms with Gasteiger partial charge in [-0.15, -0.1) is 5.10 Å². The van der Waals surface area contributed by atoms with Crippen molar-refractivity contribution in [2.24, 2.45) is 0 Å². The molecule has 10 nitrogen and oxygen atoms in total. The number of fused-ring (bicyclic) bond motifs is 1. The summed E-state index contributed by atoms with van der Waals surface area (Å²) in [4.78, 5) is 15.5. The van der Waals surface area contributed by atoms with Crippen LogP contribution in [0.5, 0.6) is 0 Å². The fourth-order valence-electron chi connectivity index (χ4n) is 4.76. The van der Waals surface area contributed by atoms with E-state index in [1.54, 1.807) is 42.5 Å². The Kier molecular flexibility index (Phi) is 8.65. The van der Waals surface area contributed by atoms with Crippen molar-refractivity contribution < 1.29 is 18.7 Å². The topological polar surface area (TPSA) is 153 Å². The lowest BCUT2D eigenvalue weighted by Gasteiger charge is -2.23. The molecule has 0 bridgehead atoms. The number of aromatic nitrogens is 4. The van der Waals surface area contributed by atoms with Crippen molar-refractivity contribution in [1.82, 2.24) is 20.0 Å². The summed E-state index contributed by atoms with van der Waals surface area (Å²) in [7, 11) is 0. The van der Waals surface area contributed by atoms with Crippen molar-refractivity contribution in [2.75, 3.05) is 10.6 Å². The molecular weight excluding hydrogens is 590 g/mol. The molecule has 0 fully saturated rings. The highest BCUT2D eigenvalue weighted by Crippen LogP contribution is 2.37. The van der Waals surface area contributed by atoms with Gasteiger partial charge in [0.05, 0.1) is 46.1 Å². The van der Waals surface area contributed by atoms with Crippen LogP contribution in [0.3, 0.4) is 0 Å². The van der Waals surface area contributed by atoms with E-state index >= 15 is 0 Å². The van der Waals surface area contributed by atoms with Crippen molar-refractivity contribution in [3.8, 4) is 12.1 Å². The number of carboxylic acid groups (broad SMARTS) is 1. The molecule has 2 heterocycles. The highest BCUT2D eigenvalue weighted by atomic mass is 35.5. The number of nitrogens with zero attached hydrogens (tertiary/aromatic N) is 6. The van der Waals surface area contributed by atoms with Crippen molar-refractivity contribution in [3.05, 3.63) is 113 Å². The van der Waals surface area contributed by atoms with Gasteiger partial charge >= 0.3 is 12.0 Å². The fraction of sp³-hybridized carbons (Fsp3) is 0.161. The summed E-state index contributed by atoms with van der Waals surface area (Å²) >= 11 is 6.69. The van der Waals surface area contributed by atoms with Crippen LogP contribution in [-0.4, -0.2) is 31.1 Å². The van der Waals surface area contributed by atoms with E-state index in [1.807, 2.05) is 30.3 Å². The Labute approximate surface area is 255 Å². The van der Waals surface area contributed by atoms with Crippen LogP contribution >= 0.6 is 11.6 Å². The van der Waals surface area contributed by atoms with E-state index < -0.39 is 18.1 Å². The lowest BCUT2D eigenvalue weighted by Crippen LogP contribution is -2.33. The van der Waals surface area contributed by atoms with Gasteiger partial charge in [-0.2, -0.15) is 24.0 Å². The molecule has 2 aromatic heterocycles. The maximum Gasteiger partial charge on any atom is 0.442 e. The van der Waals surface area contributed by atoms with Gasteiger partial charge in [0, 0.05) is 23.7 Å². The van der Waals surface area contributed by atoms with Crippen LogP contribution in [0.1, 0.15) is 47.3 Å². The molecule has 0 unspecified atom stereocenters. The number of alkyl halides is 2. The quantitative estimate of drug-likeness (QED) is 0.149. The Balaban J connectivity index is 1.60. The first-order chi connectivity index (χ1) is 21.2. The smallest absolute Gasteiger partial charge is 0.442 e. The van der Waals surface area contributed by atoms with Crippen LogP contribution in [0.25, 0.3) is 10.9 Å². The van der Waals surface area contributed by atoms with Crippen LogP contribution < -0.4 is 10.6 Å². The highest BCUT2D eigenvalue weighted by molar-refractivity contribution is 6.35. The second-order valence-corrected chi connectivity index (χ2v) is 10.1. The molecule has 220 valence electrons. The molecule has 0 aliphatic rings. The summed E-state index contributed by atoms with van der Waals surface area (Å²) in [5, 5.41) is 42.9. The summed E-state index contributed by atoms with van der Waals surface area (Å²) in [6.07, 6.45) is 3.02. The first kappa shape index (κ1) is 29.9. The van der Waals surface area contributed by atoms with Gasteiger partial charge in [-0.1, -0.05) is 77.5 Å². The first-order valence-corrected chi connectivity index (χ1v) is 13.7. The predicted octanol–water partition coefficient (Wildman–Crippen LogP) is 6.64. The minimum atomic E-state index is -4.31. The average Bonchev–Trinajstić information content (AvgIpc) is 3.54. The summed E-state index contributed by atoms with van der Waals surface area (Å²) < 4.78 is 28.4. The van der Waals surface area contributed by atoms with Crippen LogP contribution in [0.2, 0.25) is 5.02 Å². The zero-order chi connectivity index (χ0) is 31.3. The predicted molar refractivity (Wildman–Crippen MR) is 159 cm³/mol. The Bertz CT molecular complexity index is 1890. The monoisotopic (exact) mass is 612 g/mol. The van der Waals surface area contributed by atoms with E-state index in [9.17, 15) is 24.1 Å². The van der Waals surface area contributed by atoms with E-state index in [0.29, 0.717) is 34.3 Å². The van der Waals surface area contributed by atoms with Crippen LogP contribution in [0.4, 0.5) is 20.2 Å². The van der Waals surface area contributed by atoms with E-state index in [4.69, 9.17) is 16.7 Å². The molecule has 0 spiro atoms. The number of pyridine rings is 1. The maximum atomic E-state index is 14.2. The molecule has 3 aromatic carbocycles. The fourth-order valence-corrected chi connectivity index (χ4v) is 5.03. The van der Waals surface area contributed by atoms with Gasteiger partial charge in [0.15, 0.2) is 0 Å². The molecule has 2 atom stereocenters. The lowest BCUT2D eigenvalue weighted by molar-refractivity contribution is -0.183. The van der Waals surface area contributed by atoms with Gasteiger partial charge in [-0.05, 0) is 29.7 Å². The largest absolute Gasteiger partial charge is 0.475 e. The molecule has 0 radical (unpaired) electrons. The Hall–Kier alpha value is -5.59. The van der Waals surface area contributed by atoms with E-state index in [1.165, 1.54) is 6.20 Å². The standard InChI is InChI=1S/C31H23ClF2N8O2/c32-24-15-22(38-28(20-10-5-2-6-11-20)26-18-42(41-40-26)31(33,34)30(43)44)14-23-27(21(16-36)17-37-29(23)24)39-25(12-7-13-35)19-8-3-1-4-9-19/h1-6,8-11,14-15,17-18,25,28,38H,7,12H2,(H,37,39)(H,43,44)/t25-,28+/m1/s1. The molecule has 0 saturated carbocycles. The molecule has 0 amide bonds. The number of nitrogens with one attached hydrogen (secondary N) is 2. The zero-order valence-corrected chi connectivity index (χ0v) is 23.6. The number of anilines is 2. The molecule has 44 heavy (non-hydrogen) atoms. The second-order valence-electron chi connectivity index (χ2n) is 9.74. The number of benzene rings is 3. The van der Waals surface area contributed by atoms with Crippen molar-refractivity contribution in [1.29, 1.82) is 10.5 Å². The minimum absolute atomic E-state index is 0.00818. The number of aliphatic carboxylic acids is 1. The van der Waals surface area contributed by atoms with Crippen molar-refractivity contribution >= 4 is 39.8 Å². The van der Waals surface area contributed by atoms with Gasteiger partial charge in [-0.25, -0.2) is 4.79 Å². The maximum absolute atomic E-state index is 14.2. The van der Waals surface area contributed by atoms with Gasteiger partial charge < -0.3 is 15.7 Å². The molecule has 5 aromatic rings. The molecule has 0 saturated heterocycles. The van der Waals surface area contributed by atoms with Gasteiger partial charge in [0.25, 0.3) is 0 Å². The number of hydrogen-bond acceptors (Lipinski definition) is 8. The van der Waals surface area contributed by atoms with Gasteiger partial charge in [-0.3, -0.25) is 4.98 Å². The lowest BCUT2D eigenvalue weighted by atomic mass is 10.00. The Morgan fingerprint density at radius 2 is 1.73 bits per heavy atom. The van der Waals surface area contributed by atoms with Crippen LogP contribution in [-0.2, 0) is 10.8 Å². The third-order valence-corrected chi connectivity index (χ3v) is 7.19. The summed E-state index contributed by atoms with van der Waals surface area (Å²) in [6.45, 7) is 0. The normalized spacial score (nSPS) is 12.6. The van der Waals surface area contributed by atoms with Gasteiger partial charge in [0.1, 0.15) is 11.8 Å². The number of hydrogen-bond donors (Lipinski definition) is 3. The SMILES string of the molecule is N#CCC[C@@H](Nc1c(C#N)cnc2c(Cl)cc(N[C@@H](c3ccccc3)c3cn(C(F)(F)C(=O)O)nn3)cc12)c1ccccc1. The summed E-state index contributed by atoms with van der Waals surface area (Å²) in [5.74, 6) is -2.37. The Morgan fingerprint density at radius 3 is 2.36 bits per heavy atom. The van der Waals surface area contributed by atoms with E-state index in [2.05, 4.69) is 38.1 Å². The van der Waals surface area contributed by atoms with E-state index in [0.717, 1.165) is 11.8 Å². The number of rotatable bonds is 11. The third-order valence-electron chi connectivity index (χ3n) is 6.91. The number of carboxylic acids is 1. The number of carbonyl (C=O) groups is 1. The van der Waals surface area contributed by atoms with Crippen LogP contribution in [0, 0.1) is 22.7 Å². The van der Waals surface area contributed by atoms with Crippen molar-refractivity contribution in [3.63, 3.8) is 0 Å². The second kappa shape index (κ2) is 12.7. The van der Waals surface area contributed by atoms with E-state index in [-0.39, 0.29) is 33.4 Å². The third kappa shape index (κ3) is 6.11. The average molecular weight is 613 g/mol. The number of halogens is 3. The first-order valence-electron chi connectivity index (χ1n) is 13.3. The zero-order valence-electron chi connectivity index (χ0n) is 22.8. The molecular formula is C31H23ClF2N8O2. The van der Waals surface area contributed by atoms with Crippen LogP contribution in [0.15, 0.2) is 85.2 Å². The molecule has 0 aliphatic heterocycles. The molecule has 13 heteroatoms. The number of nitriles is 2. The summed E-state index contributed by atoms with van der Waals surface area (Å²) in [6, 6.07) is 20.5. The van der Waals surface area contributed by atoms with Gasteiger partial charge in [0.2, 0.25) is 0 Å². The highest BCUT2D eigenvalue weighted by Gasteiger charge is 2.43.